The van der Waals surface area contributed by atoms with Crippen molar-refractivity contribution in [3.8, 4) is 0 Å². The van der Waals surface area contributed by atoms with E-state index in [0.29, 0.717) is 20.7 Å². The van der Waals surface area contributed by atoms with Gasteiger partial charge in [-0.2, -0.15) is 0 Å². The molecular weight excluding hydrogens is 693 g/mol. The van der Waals surface area contributed by atoms with Crippen LogP contribution in [0.3, 0.4) is 0 Å². The molecule has 3 aromatic carbocycles. The van der Waals surface area contributed by atoms with Gasteiger partial charge in [-0.3, -0.25) is 4.57 Å². The van der Waals surface area contributed by atoms with Gasteiger partial charge in [-0.05, 0) is 72.8 Å². The van der Waals surface area contributed by atoms with Crippen molar-refractivity contribution in [2.75, 3.05) is 12.3 Å². The number of imidazole rings is 1. The van der Waals surface area contributed by atoms with Crippen LogP contribution in [0.1, 0.15) is 37.3 Å². The first-order valence-corrected chi connectivity index (χ1v) is 15.3. The minimum Gasteiger partial charge on any atom is -0.459 e. The third kappa shape index (κ3) is 7.09. The van der Waals surface area contributed by atoms with Crippen LogP contribution in [-0.2, 0) is 18.9 Å². The number of aromatic amines is 1. The minimum absolute atomic E-state index is 0.00360. The minimum atomic E-state index is -1.32. The summed E-state index contributed by atoms with van der Waals surface area (Å²) in [7, 11) is 0. The molecule has 3 N–H and O–H groups in total. The lowest BCUT2D eigenvalue weighted by atomic mass is 10.1. The summed E-state index contributed by atoms with van der Waals surface area (Å²) in [6.45, 7) is -0.405. The normalized spacial score (nSPS) is 19.0. The summed E-state index contributed by atoms with van der Waals surface area (Å²) >= 11 is 23.3. The van der Waals surface area contributed by atoms with E-state index in [-0.39, 0.29) is 32.8 Å². The van der Waals surface area contributed by atoms with Crippen LogP contribution >= 0.6 is 47.0 Å². The van der Waals surface area contributed by atoms with E-state index in [0.717, 1.165) is 0 Å². The lowest BCUT2D eigenvalue weighted by Crippen LogP contribution is -2.41. The number of nitrogens with one attached hydrogen (secondary N) is 1. The number of nitrogen functional groups attached to an aromatic ring is 1. The van der Waals surface area contributed by atoms with Gasteiger partial charge in [0.1, 0.15) is 23.9 Å². The topological polar surface area (TPSA) is 161 Å². The fourth-order valence-electron chi connectivity index (χ4n) is 4.86. The molecule has 0 saturated carbocycles. The Morgan fingerprint density at radius 2 is 1.30 bits per heavy atom. The third-order valence-electron chi connectivity index (χ3n) is 7.13. The Bertz CT molecular complexity index is 2020. The molecule has 6 rings (SSSR count). The highest BCUT2D eigenvalue weighted by Crippen LogP contribution is 2.37. The van der Waals surface area contributed by atoms with Crippen LogP contribution < -0.4 is 5.73 Å². The predicted octanol–water partition coefficient (Wildman–Crippen LogP) is 6.24. The monoisotopic (exact) mass is 713 g/mol. The van der Waals surface area contributed by atoms with E-state index in [9.17, 15) is 14.4 Å². The fraction of sp³-hybridized carbons (Fsp3) is 0.161. The van der Waals surface area contributed by atoms with E-state index >= 15 is 0 Å². The number of hydrogen-bond donors (Lipinski definition) is 2. The summed E-state index contributed by atoms with van der Waals surface area (Å²) in [4.78, 5) is 51.1. The van der Waals surface area contributed by atoms with Crippen molar-refractivity contribution in [2.45, 2.75) is 24.5 Å². The molecule has 1 aliphatic heterocycles. The molecule has 16 heteroatoms. The molecule has 240 valence electrons. The molecular formula is C31H22Cl3N5O7S. The molecule has 0 spiro atoms. The lowest BCUT2D eigenvalue weighted by molar-refractivity contribution is -0.0606. The highest BCUT2D eigenvalue weighted by molar-refractivity contribution is 7.71. The van der Waals surface area contributed by atoms with Crippen molar-refractivity contribution in [1.82, 2.24) is 19.5 Å². The molecule has 1 saturated heterocycles. The number of nitrogens with two attached hydrogens (primary N) is 1. The first-order chi connectivity index (χ1) is 22.6. The molecule has 5 aromatic rings. The molecule has 12 nitrogen and oxygen atoms in total. The molecule has 3 heterocycles. The van der Waals surface area contributed by atoms with Crippen molar-refractivity contribution >= 4 is 82.0 Å². The highest BCUT2D eigenvalue weighted by atomic mass is 35.5. The van der Waals surface area contributed by atoms with Gasteiger partial charge in [0, 0.05) is 15.1 Å². The van der Waals surface area contributed by atoms with Gasteiger partial charge in [-0.15, -0.1) is 0 Å². The highest BCUT2D eigenvalue weighted by Gasteiger charge is 2.51. The number of H-pyrrole nitrogens is 1. The number of carbonyl (C=O) groups is 3. The molecule has 4 atom stereocenters. The molecule has 2 aromatic heterocycles. The Hall–Kier alpha value is -4.53. The van der Waals surface area contributed by atoms with E-state index in [4.69, 9.17) is 71.7 Å². The van der Waals surface area contributed by atoms with Gasteiger partial charge in [-0.25, -0.2) is 24.4 Å². The second-order valence-electron chi connectivity index (χ2n) is 10.2. The first-order valence-electron chi connectivity index (χ1n) is 13.8. The lowest BCUT2D eigenvalue weighted by Gasteiger charge is -2.25. The average molecular weight is 715 g/mol. The second-order valence-corrected chi connectivity index (χ2v) is 11.9. The largest absolute Gasteiger partial charge is 0.459 e. The van der Waals surface area contributed by atoms with Crippen molar-refractivity contribution in [3.05, 3.63) is 116 Å². The Kier molecular flexibility index (Phi) is 9.43. The van der Waals surface area contributed by atoms with Crippen LogP contribution in [0.25, 0.3) is 11.2 Å². The number of fused-ring (bicyclic) bond motifs is 1. The Balaban J connectivity index is 1.39. The van der Waals surface area contributed by atoms with Gasteiger partial charge in [0.05, 0.1) is 23.0 Å². The van der Waals surface area contributed by atoms with Crippen molar-refractivity contribution in [1.29, 1.82) is 0 Å². The van der Waals surface area contributed by atoms with Gasteiger partial charge in [0.2, 0.25) is 0 Å². The van der Waals surface area contributed by atoms with Crippen LogP contribution in [0.2, 0.25) is 15.1 Å². The van der Waals surface area contributed by atoms with E-state index in [1.807, 2.05) is 0 Å². The molecule has 0 radical (unpaired) electrons. The molecule has 1 fully saturated rings. The summed E-state index contributed by atoms with van der Waals surface area (Å²) in [5.41, 5.74) is 7.07. The van der Waals surface area contributed by atoms with Crippen LogP contribution in [0.15, 0.2) is 79.1 Å². The van der Waals surface area contributed by atoms with Crippen LogP contribution in [-0.4, -0.2) is 62.3 Å². The smallest absolute Gasteiger partial charge is 0.338 e. The molecule has 0 aliphatic carbocycles. The van der Waals surface area contributed by atoms with Gasteiger partial charge in [0.15, 0.2) is 29.0 Å². The average Bonchev–Trinajstić information content (AvgIpc) is 3.61. The SMILES string of the molecule is Nc1nc(=S)c2ncn([C@@H]3O[C@@H](COC(=O)c4ccc(Cl)cc4)[C@@H](OC(=O)c4ccc(Cl)cc4)[C@@H]3OC(=O)c3ccc(Cl)cc3)c2[nH]1. The van der Waals surface area contributed by atoms with Gasteiger partial charge in [0.25, 0.3) is 0 Å². The number of carbonyl (C=O) groups excluding carboxylic acids is 3. The number of rotatable bonds is 8. The Morgan fingerprint density at radius 1 is 0.809 bits per heavy atom. The third-order valence-corrected chi connectivity index (χ3v) is 8.17. The summed E-state index contributed by atoms with van der Waals surface area (Å²) in [5, 5.41) is 1.25. The Labute approximate surface area is 286 Å². The fourth-order valence-corrected chi connectivity index (χ4v) is 5.49. The van der Waals surface area contributed by atoms with Crippen LogP contribution in [0, 0.1) is 4.64 Å². The van der Waals surface area contributed by atoms with Crippen molar-refractivity contribution in [3.63, 3.8) is 0 Å². The molecule has 0 bridgehead atoms. The van der Waals surface area contributed by atoms with Crippen molar-refractivity contribution < 1.29 is 33.3 Å². The zero-order chi connectivity index (χ0) is 33.2. The standard InChI is InChI=1S/C31H22Cl3N5O7S/c32-18-7-1-15(2-8-18)28(40)43-13-21-23(45-29(41)16-3-9-19(33)10-4-16)24(46-30(42)17-5-11-20(34)12-6-17)27(44-21)39-14-36-22-25(39)37-31(35)38-26(22)47/h1-12,14,21,23-24,27H,13H2,(H3,35,37,38,47)/t21-,23+,24-,27+/m0/s1. The summed E-state index contributed by atoms with van der Waals surface area (Å²) < 4.78 is 25.5. The molecule has 0 amide bonds. The van der Waals surface area contributed by atoms with E-state index in [2.05, 4.69) is 15.0 Å². The maximum atomic E-state index is 13.5. The number of hydrogen-bond acceptors (Lipinski definition) is 11. The number of esters is 3. The quantitative estimate of drug-likeness (QED) is 0.106. The summed E-state index contributed by atoms with van der Waals surface area (Å²) in [6, 6.07) is 18.1. The van der Waals surface area contributed by atoms with Gasteiger partial charge >= 0.3 is 17.9 Å². The molecule has 0 unspecified atom stereocenters. The first kappa shape index (κ1) is 32.4. The molecule has 1 aliphatic rings. The number of anilines is 1. The van der Waals surface area contributed by atoms with Crippen molar-refractivity contribution in [2.24, 2.45) is 0 Å². The molecule has 47 heavy (non-hydrogen) atoms. The van der Waals surface area contributed by atoms with E-state index < -0.39 is 49.1 Å². The number of aromatic nitrogens is 4. The maximum Gasteiger partial charge on any atom is 0.338 e. The number of ether oxygens (including phenoxy) is 4. The zero-order valence-corrected chi connectivity index (χ0v) is 26.9. The maximum absolute atomic E-state index is 13.5. The number of halogens is 3. The second kappa shape index (κ2) is 13.7. The number of benzene rings is 3. The van der Waals surface area contributed by atoms with E-state index in [1.54, 1.807) is 0 Å². The zero-order valence-electron chi connectivity index (χ0n) is 23.8. The predicted molar refractivity (Wildman–Crippen MR) is 174 cm³/mol. The van der Waals surface area contributed by atoms with Gasteiger partial charge < -0.3 is 29.7 Å². The Morgan fingerprint density at radius 3 is 1.83 bits per heavy atom. The summed E-state index contributed by atoms with van der Waals surface area (Å²) in [6.07, 6.45) is -3.58. The van der Waals surface area contributed by atoms with Gasteiger partial charge in [-0.1, -0.05) is 47.0 Å². The van der Waals surface area contributed by atoms with E-state index in [1.165, 1.54) is 83.7 Å². The summed E-state index contributed by atoms with van der Waals surface area (Å²) in [5.74, 6) is -2.25. The van der Waals surface area contributed by atoms with Crippen LogP contribution in [0.4, 0.5) is 5.95 Å². The van der Waals surface area contributed by atoms with Crippen LogP contribution in [0.5, 0.6) is 0 Å². The number of nitrogens with zero attached hydrogens (tertiary/aromatic N) is 3.